The standard InChI is InChI=1S/C32H49ClO3/c1-19-11-16-32(27(33)35)18-17-30(7)22(26(32)20(19)2)9-10-24-29(6)14-13-25(36-21(3)34)28(4,5)23(29)12-15-31(24,30)8/h9,19-20,23-26H,10-18H2,1-8H3/t19-,20+,23+,24-,25+,26+,29+,30-,31-,32+/m1/s1. The first-order chi connectivity index (χ1) is 16.6. The molecule has 0 aliphatic heterocycles. The van der Waals surface area contributed by atoms with Crippen LogP contribution in [0.15, 0.2) is 11.6 Å². The average molecular weight is 517 g/mol. The third-order valence-electron chi connectivity index (χ3n) is 13.6. The molecule has 3 nitrogen and oxygen atoms in total. The van der Waals surface area contributed by atoms with Crippen LogP contribution in [0, 0.1) is 56.7 Å². The van der Waals surface area contributed by atoms with Crippen molar-refractivity contribution in [3.8, 4) is 0 Å². The number of ether oxygens (including phenoxy) is 1. The number of halogens is 1. The molecule has 0 saturated heterocycles. The van der Waals surface area contributed by atoms with Crippen LogP contribution in [-0.2, 0) is 14.3 Å². The highest BCUT2D eigenvalue weighted by atomic mass is 35.5. The van der Waals surface area contributed by atoms with Crippen molar-refractivity contribution in [2.24, 2.45) is 56.7 Å². The third-order valence-corrected chi connectivity index (χ3v) is 14.0. The van der Waals surface area contributed by atoms with E-state index in [1.165, 1.54) is 12.8 Å². The summed E-state index contributed by atoms with van der Waals surface area (Å²) < 4.78 is 5.89. The van der Waals surface area contributed by atoms with Gasteiger partial charge in [-0.25, -0.2) is 0 Å². The smallest absolute Gasteiger partial charge is 0.302 e. The highest BCUT2D eigenvalue weighted by Gasteiger charge is 2.69. The van der Waals surface area contributed by atoms with Crippen molar-refractivity contribution < 1.29 is 14.3 Å². The molecule has 4 saturated carbocycles. The molecule has 0 heterocycles. The van der Waals surface area contributed by atoms with Gasteiger partial charge >= 0.3 is 5.97 Å². The fraction of sp³-hybridized carbons (Fsp3) is 0.875. The van der Waals surface area contributed by atoms with Gasteiger partial charge in [0.25, 0.3) is 0 Å². The molecule has 0 aromatic heterocycles. The number of allylic oxidation sites excluding steroid dienone is 2. The number of esters is 1. The number of carbonyl (C=O) groups excluding carboxylic acids is 2. The Bertz CT molecular complexity index is 984. The monoisotopic (exact) mass is 516 g/mol. The summed E-state index contributed by atoms with van der Waals surface area (Å²) in [6.07, 6.45) is 12.3. The summed E-state index contributed by atoms with van der Waals surface area (Å²) in [6.45, 7) is 18.7. The van der Waals surface area contributed by atoms with E-state index in [4.69, 9.17) is 16.3 Å². The van der Waals surface area contributed by atoms with Gasteiger partial charge in [0, 0.05) is 12.3 Å². The van der Waals surface area contributed by atoms with Crippen LogP contribution in [-0.4, -0.2) is 17.3 Å². The first kappa shape index (κ1) is 26.8. The second-order valence-electron chi connectivity index (χ2n) is 15.0. The highest BCUT2D eigenvalue weighted by Crippen LogP contribution is 2.76. The van der Waals surface area contributed by atoms with Crippen LogP contribution in [0.5, 0.6) is 0 Å². The van der Waals surface area contributed by atoms with E-state index >= 15 is 0 Å². The number of carbonyl (C=O) groups is 2. The number of hydrogen-bond donors (Lipinski definition) is 0. The maximum absolute atomic E-state index is 13.1. The molecule has 10 atom stereocenters. The van der Waals surface area contributed by atoms with Gasteiger partial charge in [0.15, 0.2) is 0 Å². The van der Waals surface area contributed by atoms with Gasteiger partial charge in [-0.3, -0.25) is 9.59 Å². The van der Waals surface area contributed by atoms with Crippen LogP contribution in [0.2, 0.25) is 0 Å². The van der Waals surface area contributed by atoms with E-state index < -0.39 is 0 Å². The molecule has 202 valence electrons. The lowest BCUT2D eigenvalue weighted by atomic mass is 9.33. The number of hydrogen-bond acceptors (Lipinski definition) is 3. The van der Waals surface area contributed by atoms with E-state index in [9.17, 15) is 9.59 Å². The van der Waals surface area contributed by atoms with Crippen molar-refractivity contribution in [3.63, 3.8) is 0 Å². The minimum Gasteiger partial charge on any atom is -0.462 e. The molecule has 0 bridgehead atoms. The van der Waals surface area contributed by atoms with E-state index in [2.05, 4.69) is 54.5 Å². The zero-order valence-electron chi connectivity index (χ0n) is 24.0. The second kappa shape index (κ2) is 8.33. The summed E-state index contributed by atoms with van der Waals surface area (Å²) in [5.74, 6) is 2.39. The molecular weight excluding hydrogens is 468 g/mol. The largest absolute Gasteiger partial charge is 0.462 e. The molecular formula is C32H49ClO3. The lowest BCUT2D eigenvalue weighted by Crippen LogP contribution is -2.65. The fourth-order valence-corrected chi connectivity index (χ4v) is 11.5. The van der Waals surface area contributed by atoms with Crippen LogP contribution in [0.3, 0.4) is 0 Å². The van der Waals surface area contributed by atoms with Gasteiger partial charge < -0.3 is 4.74 Å². The van der Waals surface area contributed by atoms with Crippen LogP contribution in [0.1, 0.15) is 113 Å². The Morgan fingerprint density at radius 3 is 2.25 bits per heavy atom. The predicted molar refractivity (Wildman–Crippen MR) is 145 cm³/mol. The van der Waals surface area contributed by atoms with Gasteiger partial charge in [0.1, 0.15) is 6.10 Å². The Morgan fingerprint density at radius 1 is 0.917 bits per heavy atom. The molecule has 0 aromatic carbocycles. The van der Waals surface area contributed by atoms with Crippen LogP contribution in [0.25, 0.3) is 0 Å². The minimum absolute atomic E-state index is 0.0114. The van der Waals surface area contributed by atoms with Gasteiger partial charge in [0.2, 0.25) is 5.24 Å². The molecule has 0 aromatic rings. The summed E-state index contributed by atoms with van der Waals surface area (Å²) in [5, 5.41) is -0.0808. The maximum atomic E-state index is 13.1. The van der Waals surface area contributed by atoms with Gasteiger partial charge in [-0.05, 0) is 115 Å². The zero-order chi connectivity index (χ0) is 26.5. The van der Waals surface area contributed by atoms with Crippen molar-refractivity contribution in [1.29, 1.82) is 0 Å². The molecule has 4 heteroatoms. The van der Waals surface area contributed by atoms with E-state index in [-0.39, 0.29) is 50.3 Å². The minimum atomic E-state index is -0.368. The van der Waals surface area contributed by atoms with E-state index in [1.807, 2.05) is 0 Å². The molecule has 5 aliphatic rings. The normalized spacial score (nSPS) is 51.5. The second-order valence-corrected chi connectivity index (χ2v) is 15.4. The third kappa shape index (κ3) is 3.29. The quantitative estimate of drug-likeness (QED) is 0.210. The molecule has 0 radical (unpaired) electrons. The Balaban J connectivity index is 1.56. The molecule has 36 heavy (non-hydrogen) atoms. The summed E-state index contributed by atoms with van der Waals surface area (Å²) in [7, 11) is 0. The van der Waals surface area contributed by atoms with Crippen molar-refractivity contribution >= 4 is 22.8 Å². The van der Waals surface area contributed by atoms with Crippen molar-refractivity contribution in [2.45, 2.75) is 119 Å². The van der Waals surface area contributed by atoms with E-state index in [1.54, 1.807) is 12.5 Å². The maximum Gasteiger partial charge on any atom is 0.302 e. The average Bonchev–Trinajstić information content (AvgIpc) is 2.78. The first-order valence-corrected chi connectivity index (χ1v) is 15.1. The Hall–Kier alpha value is -0.830. The summed E-state index contributed by atoms with van der Waals surface area (Å²) >= 11 is 6.47. The zero-order valence-corrected chi connectivity index (χ0v) is 24.8. The summed E-state index contributed by atoms with van der Waals surface area (Å²) in [4.78, 5) is 25.0. The van der Waals surface area contributed by atoms with Crippen molar-refractivity contribution in [1.82, 2.24) is 0 Å². The Kier molecular flexibility index (Phi) is 6.19. The highest BCUT2D eigenvalue weighted by molar-refractivity contribution is 6.64. The van der Waals surface area contributed by atoms with Gasteiger partial charge in [-0.15, -0.1) is 0 Å². The van der Waals surface area contributed by atoms with E-state index in [0.717, 1.165) is 44.9 Å². The van der Waals surface area contributed by atoms with Crippen molar-refractivity contribution in [2.75, 3.05) is 0 Å². The summed E-state index contributed by atoms with van der Waals surface area (Å²) in [5.41, 5.74) is 1.72. The molecule has 0 spiro atoms. The van der Waals surface area contributed by atoms with Gasteiger partial charge in [0.05, 0.1) is 5.41 Å². The fourth-order valence-electron chi connectivity index (χ4n) is 11.2. The SMILES string of the molecule is CC(=O)O[C@H]1CC[C@]2(C)[C@H]3CC=C4[C@@H]5[C@@H](C)[C@H](C)CC[C@]5(C(=O)Cl)CC[C@@]4(C)[C@]3(C)CC[C@H]2C1(C)C. The first-order valence-electron chi connectivity index (χ1n) is 14.7. The molecule has 5 rings (SSSR count). The molecule has 0 amide bonds. The molecule has 4 fully saturated rings. The molecule has 5 aliphatic carbocycles. The molecule has 0 N–H and O–H groups in total. The van der Waals surface area contributed by atoms with Gasteiger partial charge in [-0.1, -0.05) is 60.1 Å². The van der Waals surface area contributed by atoms with E-state index in [0.29, 0.717) is 23.7 Å². The van der Waals surface area contributed by atoms with Crippen LogP contribution >= 0.6 is 11.6 Å². The van der Waals surface area contributed by atoms with Crippen molar-refractivity contribution in [3.05, 3.63) is 11.6 Å². The van der Waals surface area contributed by atoms with Gasteiger partial charge in [-0.2, -0.15) is 0 Å². The Labute approximate surface area is 224 Å². The number of fused-ring (bicyclic) bond motifs is 7. The predicted octanol–water partition coefficient (Wildman–Crippen LogP) is 8.34. The lowest BCUT2D eigenvalue weighted by Gasteiger charge is -2.71. The molecule has 0 unspecified atom stereocenters. The summed E-state index contributed by atoms with van der Waals surface area (Å²) in [6, 6.07) is 0. The van der Waals surface area contributed by atoms with Crippen LogP contribution in [0.4, 0.5) is 0 Å². The topological polar surface area (TPSA) is 43.4 Å². The Morgan fingerprint density at radius 2 is 1.61 bits per heavy atom. The number of rotatable bonds is 2. The van der Waals surface area contributed by atoms with Crippen LogP contribution < -0.4 is 0 Å². The lowest BCUT2D eigenvalue weighted by molar-refractivity contribution is -0.212.